The van der Waals surface area contributed by atoms with E-state index in [9.17, 15) is 0 Å². The third-order valence-electron chi connectivity index (χ3n) is 4.04. The molecule has 2 heteroatoms. The molecule has 1 saturated carbocycles. The molecule has 0 amide bonds. The van der Waals surface area contributed by atoms with Gasteiger partial charge >= 0.3 is 0 Å². The summed E-state index contributed by atoms with van der Waals surface area (Å²) in [6.07, 6.45) is 8.28. The number of hydrogen-bond acceptors (Lipinski definition) is 2. The highest BCUT2D eigenvalue weighted by molar-refractivity contribution is 4.96. The first kappa shape index (κ1) is 11.4. The Bertz CT molecular complexity index is 197. The number of nitrogens with one attached hydrogen (secondary N) is 2. The summed E-state index contributed by atoms with van der Waals surface area (Å²) in [5, 5.41) is 7.40. The lowest BCUT2D eigenvalue weighted by Crippen LogP contribution is -2.53. The van der Waals surface area contributed by atoms with E-state index in [4.69, 9.17) is 0 Å². The topological polar surface area (TPSA) is 24.1 Å². The molecule has 1 aliphatic heterocycles. The molecular formula is C13H26N2. The first-order chi connectivity index (χ1) is 7.23. The zero-order valence-corrected chi connectivity index (χ0v) is 10.3. The van der Waals surface area contributed by atoms with E-state index in [-0.39, 0.29) is 0 Å². The minimum atomic E-state index is 0.373. The average Bonchev–Trinajstić information content (AvgIpc) is 2.96. The smallest absolute Gasteiger partial charge is 0.0278 e. The van der Waals surface area contributed by atoms with Crippen LogP contribution in [0.1, 0.15) is 52.4 Å². The van der Waals surface area contributed by atoms with Crippen LogP contribution in [-0.2, 0) is 0 Å². The molecule has 2 N–H and O–H groups in total. The molecule has 2 nitrogen and oxygen atoms in total. The van der Waals surface area contributed by atoms with Gasteiger partial charge in [-0.05, 0) is 45.1 Å². The van der Waals surface area contributed by atoms with Gasteiger partial charge in [-0.15, -0.1) is 0 Å². The molecule has 1 heterocycles. The van der Waals surface area contributed by atoms with E-state index < -0.39 is 0 Å². The molecule has 2 fully saturated rings. The highest BCUT2D eigenvalue weighted by atomic mass is 15.1. The second-order valence-corrected chi connectivity index (χ2v) is 5.72. The molecule has 1 saturated heterocycles. The summed E-state index contributed by atoms with van der Waals surface area (Å²) in [6.45, 7) is 7.04. The minimum absolute atomic E-state index is 0.373. The van der Waals surface area contributed by atoms with Crippen molar-refractivity contribution in [3.63, 3.8) is 0 Å². The summed E-state index contributed by atoms with van der Waals surface area (Å²) < 4.78 is 0. The van der Waals surface area contributed by atoms with Crippen LogP contribution in [-0.4, -0.2) is 24.7 Å². The van der Waals surface area contributed by atoms with Crippen molar-refractivity contribution in [2.45, 2.75) is 64.0 Å². The molecule has 0 aromatic heterocycles. The zero-order valence-electron chi connectivity index (χ0n) is 10.3. The fourth-order valence-corrected chi connectivity index (χ4v) is 2.81. The summed E-state index contributed by atoms with van der Waals surface area (Å²) in [4.78, 5) is 0. The molecule has 0 bridgehead atoms. The molecule has 1 aliphatic carbocycles. The van der Waals surface area contributed by atoms with E-state index in [1.54, 1.807) is 0 Å². The standard InChI is InChI=1S/C13H26N2/c1-3-6-11-9-12(11)14-10-13(2)7-4-5-8-15-13/h11-12,14-15H,3-10H2,1-2H3. The maximum Gasteiger partial charge on any atom is 0.0278 e. The Labute approximate surface area is 94.2 Å². The Balaban J connectivity index is 1.65. The maximum absolute atomic E-state index is 3.74. The summed E-state index contributed by atoms with van der Waals surface area (Å²) in [5.41, 5.74) is 0.373. The van der Waals surface area contributed by atoms with Crippen LogP contribution in [0.15, 0.2) is 0 Å². The summed E-state index contributed by atoms with van der Waals surface area (Å²) in [6, 6.07) is 0.838. The van der Waals surface area contributed by atoms with Crippen LogP contribution >= 0.6 is 0 Å². The highest BCUT2D eigenvalue weighted by Crippen LogP contribution is 2.34. The van der Waals surface area contributed by atoms with E-state index in [2.05, 4.69) is 24.5 Å². The van der Waals surface area contributed by atoms with E-state index in [0.29, 0.717) is 5.54 Å². The van der Waals surface area contributed by atoms with Crippen molar-refractivity contribution < 1.29 is 0 Å². The van der Waals surface area contributed by atoms with Gasteiger partial charge in [-0.1, -0.05) is 19.8 Å². The predicted molar refractivity (Wildman–Crippen MR) is 65.1 cm³/mol. The molecule has 2 aliphatic rings. The largest absolute Gasteiger partial charge is 0.312 e. The van der Waals surface area contributed by atoms with Gasteiger partial charge in [-0.25, -0.2) is 0 Å². The maximum atomic E-state index is 3.74. The molecule has 0 aromatic carbocycles. The molecule has 0 aromatic rings. The summed E-state index contributed by atoms with van der Waals surface area (Å²) in [7, 11) is 0. The highest BCUT2D eigenvalue weighted by Gasteiger charge is 2.37. The summed E-state index contributed by atoms with van der Waals surface area (Å²) in [5.74, 6) is 0.988. The van der Waals surface area contributed by atoms with E-state index >= 15 is 0 Å². The van der Waals surface area contributed by atoms with Crippen LogP contribution in [0.3, 0.4) is 0 Å². The lowest BCUT2D eigenvalue weighted by molar-refractivity contribution is 0.265. The van der Waals surface area contributed by atoms with Gasteiger partial charge in [0.25, 0.3) is 0 Å². The Morgan fingerprint density at radius 2 is 2.27 bits per heavy atom. The lowest BCUT2D eigenvalue weighted by Gasteiger charge is -2.35. The van der Waals surface area contributed by atoms with E-state index in [0.717, 1.165) is 18.5 Å². The molecule has 3 unspecified atom stereocenters. The molecule has 0 spiro atoms. The van der Waals surface area contributed by atoms with Gasteiger partial charge in [0.2, 0.25) is 0 Å². The van der Waals surface area contributed by atoms with Crippen molar-refractivity contribution in [1.29, 1.82) is 0 Å². The van der Waals surface area contributed by atoms with E-state index in [1.807, 2.05) is 0 Å². The number of hydrogen-bond donors (Lipinski definition) is 2. The van der Waals surface area contributed by atoms with Crippen molar-refractivity contribution in [3.8, 4) is 0 Å². The van der Waals surface area contributed by atoms with E-state index in [1.165, 1.54) is 45.1 Å². The molecule has 15 heavy (non-hydrogen) atoms. The Morgan fingerprint density at radius 3 is 2.93 bits per heavy atom. The van der Waals surface area contributed by atoms with Crippen LogP contribution in [0, 0.1) is 5.92 Å². The molecule has 88 valence electrons. The van der Waals surface area contributed by atoms with Crippen molar-refractivity contribution >= 4 is 0 Å². The number of rotatable bonds is 5. The lowest BCUT2D eigenvalue weighted by atomic mass is 9.91. The SMILES string of the molecule is CCCC1CC1NCC1(C)CCCCN1. The fourth-order valence-electron chi connectivity index (χ4n) is 2.81. The van der Waals surface area contributed by atoms with Gasteiger partial charge < -0.3 is 10.6 Å². The average molecular weight is 210 g/mol. The van der Waals surface area contributed by atoms with Crippen molar-refractivity contribution in [2.24, 2.45) is 5.92 Å². The Kier molecular flexibility index (Phi) is 3.68. The van der Waals surface area contributed by atoms with Crippen LogP contribution < -0.4 is 10.6 Å². The third-order valence-corrected chi connectivity index (χ3v) is 4.04. The monoisotopic (exact) mass is 210 g/mol. The zero-order chi connectivity index (χ0) is 10.7. The van der Waals surface area contributed by atoms with Crippen molar-refractivity contribution in [2.75, 3.05) is 13.1 Å². The van der Waals surface area contributed by atoms with Gasteiger partial charge in [0.05, 0.1) is 0 Å². The first-order valence-corrected chi connectivity index (χ1v) is 6.72. The minimum Gasteiger partial charge on any atom is -0.312 e. The van der Waals surface area contributed by atoms with Gasteiger partial charge in [0, 0.05) is 18.1 Å². The second kappa shape index (κ2) is 4.84. The van der Waals surface area contributed by atoms with Crippen LogP contribution in [0.2, 0.25) is 0 Å². The van der Waals surface area contributed by atoms with Gasteiger partial charge in [0.15, 0.2) is 0 Å². The quantitative estimate of drug-likeness (QED) is 0.727. The first-order valence-electron chi connectivity index (χ1n) is 6.72. The molecule has 3 atom stereocenters. The molecular weight excluding hydrogens is 184 g/mol. The van der Waals surface area contributed by atoms with Gasteiger partial charge in [-0.2, -0.15) is 0 Å². The van der Waals surface area contributed by atoms with Crippen molar-refractivity contribution in [3.05, 3.63) is 0 Å². The molecule has 2 rings (SSSR count). The molecule has 0 radical (unpaired) electrons. The van der Waals surface area contributed by atoms with Gasteiger partial charge in [-0.3, -0.25) is 0 Å². The predicted octanol–water partition coefficient (Wildman–Crippen LogP) is 2.30. The fraction of sp³-hybridized carbons (Fsp3) is 1.00. The van der Waals surface area contributed by atoms with Crippen LogP contribution in [0.25, 0.3) is 0 Å². The van der Waals surface area contributed by atoms with Gasteiger partial charge in [0.1, 0.15) is 0 Å². The Hall–Kier alpha value is -0.0800. The number of piperidine rings is 1. The van der Waals surface area contributed by atoms with Crippen LogP contribution in [0.4, 0.5) is 0 Å². The second-order valence-electron chi connectivity index (χ2n) is 5.72. The van der Waals surface area contributed by atoms with Crippen LogP contribution in [0.5, 0.6) is 0 Å². The normalized spacial score (nSPS) is 40.4. The Morgan fingerprint density at radius 1 is 1.40 bits per heavy atom. The van der Waals surface area contributed by atoms with Crippen molar-refractivity contribution in [1.82, 2.24) is 10.6 Å². The third kappa shape index (κ3) is 3.18. The summed E-state index contributed by atoms with van der Waals surface area (Å²) >= 11 is 0.